The van der Waals surface area contributed by atoms with Crippen molar-refractivity contribution in [3.63, 3.8) is 0 Å². The third kappa shape index (κ3) is 1.83. The monoisotopic (exact) mass is 213 g/mol. The molecule has 0 fully saturated rings. The van der Waals surface area contributed by atoms with Gasteiger partial charge in [0.1, 0.15) is 0 Å². The van der Waals surface area contributed by atoms with E-state index in [0.29, 0.717) is 5.57 Å². The molecule has 0 unspecified atom stereocenters. The van der Waals surface area contributed by atoms with Crippen LogP contribution in [-0.4, -0.2) is 28.1 Å². The molecule has 0 saturated heterocycles. The van der Waals surface area contributed by atoms with Gasteiger partial charge >= 0.3 is 11.9 Å². The molecule has 1 rings (SSSR count). The summed E-state index contributed by atoms with van der Waals surface area (Å²) in [5.41, 5.74) is 3.50. The fourth-order valence-electron chi connectivity index (χ4n) is 1.55. The van der Waals surface area contributed by atoms with Gasteiger partial charge in [0, 0.05) is 5.57 Å². The number of aliphatic carboxylic acids is 2. The van der Waals surface area contributed by atoms with E-state index in [4.69, 9.17) is 15.9 Å². The molecule has 0 aromatic heterocycles. The highest BCUT2D eigenvalue weighted by Gasteiger charge is 2.47. The Balaban J connectivity index is 2.97. The number of allylic oxidation sites excluding steroid dienone is 1. The van der Waals surface area contributed by atoms with E-state index < -0.39 is 23.3 Å². The molecule has 6 nitrogen and oxygen atoms in total. The van der Waals surface area contributed by atoms with Crippen LogP contribution in [0.2, 0.25) is 0 Å². The fraction of sp³-hybridized carbons (Fsp3) is 0.444. The molecule has 0 atom stereocenters. The lowest BCUT2D eigenvalue weighted by Crippen LogP contribution is -2.41. The Morgan fingerprint density at radius 3 is 2.07 bits per heavy atom. The largest absolute Gasteiger partial charge is 0.480 e. The first-order valence-corrected chi connectivity index (χ1v) is 4.36. The number of rotatable bonds is 3. The van der Waals surface area contributed by atoms with Crippen molar-refractivity contribution in [2.45, 2.75) is 19.3 Å². The summed E-state index contributed by atoms with van der Waals surface area (Å²) in [5, 5.41) is 17.7. The van der Waals surface area contributed by atoms with Gasteiger partial charge in [0.2, 0.25) is 5.91 Å². The van der Waals surface area contributed by atoms with Crippen LogP contribution in [0, 0.1) is 5.41 Å². The van der Waals surface area contributed by atoms with Crippen LogP contribution in [0.1, 0.15) is 19.3 Å². The fourth-order valence-corrected chi connectivity index (χ4v) is 1.55. The number of primary amides is 1. The van der Waals surface area contributed by atoms with Gasteiger partial charge in [-0.15, -0.1) is 0 Å². The zero-order valence-electron chi connectivity index (χ0n) is 7.90. The second kappa shape index (κ2) is 3.72. The van der Waals surface area contributed by atoms with E-state index in [0.717, 1.165) is 0 Å². The molecule has 0 aromatic rings. The number of carboxylic acid groups (broad SMARTS) is 2. The third-order valence-corrected chi connectivity index (χ3v) is 2.65. The average molecular weight is 213 g/mol. The lowest BCUT2D eigenvalue weighted by atomic mass is 9.75. The standard InChI is InChI=1S/C9H11NO5/c10-6(11)5-1-3-9(4-2-5,7(12)13)8(14)15/h1H,2-4H2,(H2,10,11)(H,12,13)(H,14,15). The predicted octanol–water partition coefficient (Wildman–Crippen LogP) is -0.262. The molecule has 6 heteroatoms. The third-order valence-electron chi connectivity index (χ3n) is 2.65. The normalized spacial score (nSPS) is 19.1. The van der Waals surface area contributed by atoms with E-state index in [1.54, 1.807) is 0 Å². The summed E-state index contributed by atoms with van der Waals surface area (Å²) in [6, 6.07) is 0. The van der Waals surface area contributed by atoms with Gasteiger partial charge in [0.15, 0.2) is 5.41 Å². The molecule has 0 saturated carbocycles. The molecule has 1 amide bonds. The van der Waals surface area contributed by atoms with Gasteiger partial charge in [-0.05, 0) is 19.3 Å². The Kier molecular flexibility index (Phi) is 2.78. The van der Waals surface area contributed by atoms with Crippen LogP contribution >= 0.6 is 0 Å². The van der Waals surface area contributed by atoms with Crippen molar-refractivity contribution in [2.75, 3.05) is 0 Å². The van der Waals surface area contributed by atoms with Crippen molar-refractivity contribution >= 4 is 17.8 Å². The van der Waals surface area contributed by atoms with Crippen molar-refractivity contribution in [1.29, 1.82) is 0 Å². The zero-order valence-corrected chi connectivity index (χ0v) is 7.90. The van der Waals surface area contributed by atoms with Crippen LogP contribution in [0.5, 0.6) is 0 Å². The summed E-state index contributed by atoms with van der Waals surface area (Å²) in [4.78, 5) is 32.5. The van der Waals surface area contributed by atoms with Gasteiger partial charge in [-0.3, -0.25) is 14.4 Å². The molecule has 1 aliphatic rings. The number of hydrogen-bond acceptors (Lipinski definition) is 3. The van der Waals surface area contributed by atoms with Crippen molar-refractivity contribution in [2.24, 2.45) is 11.1 Å². The molecule has 82 valence electrons. The summed E-state index contributed by atoms with van der Waals surface area (Å²) in [6.45, 7) is 0. The lowest BCUT2D eigenvalue weighted by Gasteiger charge is -2.27. The Bertz CT molecular complexity index is 344. The molecule has 0 bridgehead atoms. The minimum Gasteiger partial charge on any atom is -0.480 e. The van der Waals surface area contributed by atoms with Crippen LogP contribution in [0.4, 0.5) is 0 Å². The minimum atomic E-state index is -1.81. The number of carbonyl (C=O) groups is 3. The molecule has 0 aromatic carbocycles. The Labute approximate surface area is 85.4 Å². The van der Waals surface area contributed by atoms with Crippen LogP contribution in [0.25, 0.3) is 0 Å². The first kappa shape index (κ1) is 11.2. The maximum atomic E-state index is 10.9. The van der Waals surface area contributed by atoms with Gasteiger partial charge in [-0.25, -0.2) is 0 Å². The van der Waals surface area contributed by atoms with E-state index >= 15 is 0 Å². The molecule has 4 N–H and O–H groups in total. The molecule has 0 radical (unpaired) electrons. The summed E-state index contributed by atoms with van der Waals surface area (Å²) in [7, 11) is 0. The highest BCUT2D eigenvalue weighted by molar-refractivity contribution is 6.00. The molecule has 0 heterocycles. The van der Waals surface area contributed by atoms with Gasteiger partial charge in [0.25, 0.3) is 0 Å². The number of amides is 1. The van der Waals surface area contributed by atoms with Crippen LogP contribution in [-0.2, 0) is 14.4 Å². The number of carbonyl (C=O) groups excluding carboxylic acids is 1. The average Bonchev–Trinajstić information content (AvgIpc) is 2.17. The maximum Gasteiger partial charge on any atom is 0.321 e. The van der Waals surface area contributed by atoms with E-state index in [1.165, 1.54) is 6.08 Å². The molecular weight excluding hydrogens is 202 g/mol. The summed E-state index contributed by atoms with van der Waals surface area (Å²) in [5.74, 6) is -3.39. The summed E-state index contributed by atoms with van der Waals surface area (Å²) < 4.78 is 0. The smallest absolute Gasteiger partial charge is 0.321 e. The second-order valence-electron chi connectivity index (χ2n) is 3.49. The van der Waals surface area contributed by atoms with E-state index in [9.17, 15) is 14.4 Å². The van der Waals surface area contributed by atoms with Crippen LogP contribution in [0.3, 0.4) is 0 Å². The highest BCUT2D eigenvalue weighted by Crippen LogP contribution is 2.36. The molecule has 1 aliphatic carbocycles. The Hall–Kier alpha value is -1.85. The Morgan fingerprint density at radius 1 is 1.27 bits per heavy atom. The number of hydrogen-bond donors (Lipinski definition) is 3. The van der Waals surface area contributed by atoms with Crippen LogP contribution in [0.15, 0.2) is 11.6 Å². The van der Waals surface area contributed by atoms with Crippen molar-refractivity contribution < 1.29 is 24.6 Å². The number of carboxylic acids is 2. The van der Waals surface area contributed by atoms with Crippen molar-refractivity contribution in [3.05, 3.63) is 11.6 Å². The van der Waals surface area contributed by atoms with Crippen molar-refractivity contribution in [1.82, 2.24) is 0 Å². The maximum absolute atomic E-state index is 10.9. The van der Waals surface area contributed by atoms with Gasteiger partial charge in [0.05, 0.1) is 0 Å². The van der Waals surface area contributed by atoms with Gasteiger partial charge in [-0.2, -0.15) is 0 Å². The quantitative estimate of drug-likeness (QED) is 0.558. The zero-order chi connectivity index (χ0) is 11.6. The molecule has 0 aliphatic heterocycles. The van der Waals surface area contributed by atoms with E-state index in [-0.39, 0.29) is 19.3 Å². The van der Waals surface area contributed by atoms with E-state index in [1.807, 2.05) is 0 Å². The van der Waals surface area contributed by atoms with Gasteiger partial charge in [-0.1, -0.05) is 6.08 Å². The number of nitrogens with two attached hydrogens (primary N) is 1. The first-order chi connectivity index (χ1) is 6.90. The molecule has 0 spiro atoms. The summed E-state index contributed by atoms with van der Waals surface area (Å²) in [6.07, 6.45) is 1.09. The van der Waals surface area contributed by atoms with E-state index in [2.05, 4.69) is 0 Å². The highest BCUT2D eigenvalue weighted by atomic mass is 16.4. The predicted molar refractivity (Wildman–Crippen MR) is 48.8 cm³/mol. The SMILES string of the molecule is NC(=O)C1=CCC(C(=O)O)(C(=O)O)CC1. The minimum absolute atomic E-state index is 0.0912. The lowest BCUT2D eigenvalue weighted by molar-refractivity contribution is -0.165. The van der Waals surface area contributed by atoms with Gasteiger partial charge < -0.3 is 15.9 Å². The molecule has 15 heavy (non-hydrogen) atoms. The Morgan fingerprint density at radius 2 is 1.80 bits per heavy atom. The topological polar surface area (TPSA) is 118 Å². The summed E-state index contributed by atoms with van der Waals surface area (Å²) >= 11 is 0. The first-order valence-electron chi connectivity index (χ1n) is 4.36. The van der Waals surface area contributed by atoms with Crippen molar-refractivity contribution in [3.8, 4) is 0 Å². The van der Waals surface area contributed by atoms with Crippen LogP contribution < -0.4 is 5.73 Å². The molecular formula is C9H11NO5. The second-order valence-corrected chi connectivity index (χ2v) is 3.49.